The zero-order valence-corrected chi connectivity index (χ0v) is 17.8. The number of halogens is 1. The summed E-state index contributed by atoms with van der Waals surface area (Å²) in [5, 5.41) is 3.40. The predicted molar refractivity (Wildman–Crippen MR) is 116 cm³/mol. The zero-order valence-electron chi connectivity index (χ0n) is 17.8. The summed E-state index contributed by atoms with van der Waals surface area (Å²) >= 11 is 0. The Morgan fingerprint density at radius 1 is 1.23 bits per heavy atom. The molecule has 1 N–H and O–H groups in total. The van der Waals surface area contributed by atoms with Gasteiger partial charge in [-0.25, -0.2) is 9.18 Å². The molecule has 2 aromatic carbocycles. The van der Waals surface area contributed by atoms with Crippen LogP contribution in [-0.2, 0) is 9.47 Å². The van der Waals surface area contributed by atoms with Crippen molar-refractivity contribution in [1.82, 2.24) is 5.32 Å². The third kappa shape index (κ3) is 4.91. The lowest BCUT2D eigenvalue weighted by atomic mass is 10.1. The summed E-state index contributed by atoms with van der Waals surface area (Å²) in [5.41, 5.74) is 2.12. The van der Waals surface area contributed by atoms with Crippen molar-refractivity contribution in [3.8, 4) is 5.75 Å². The highest BCUT2D eigenvalue weighted by molar-refractivity contribution is 5.90. The quantitative estimate of drug-likeness (QED) is 0.728. The fraction of sp³-hybridized carbons (Fsp3) is 0.435. The number of carbonyl (C=O) groups is 1. The Balaban J connectivity index is 1.36. The van der Waals surface area contributed by atoms with Crippen molar-refractivity contribution in [3.63, 3.8) is 0 Å². The van der Waals surface area contributed by atoms with E-state index in [1.54, 1.807) is 19.2 Å². The molecule has 4 rings (SSSR count). The second-order valence-corrected chi connectivity index (χ2v) is 7.76. The van der Waals surface area contributed by atoms with Gasteiger partial charge in [0.05, 0.1) is 38.2 Å². The number of carbonyl (C=O) groups excluding carboxylic acids is 1. The molecule has 7 nitrogen and oxygen atoms in total. The lowest BCUT2D eigenvalue weighted by molar-refractivity contribution is 0.122. The molecule has 0 radical (unpaired) electrons. The van der Waals surface area contributed by atoms with Gasteiger partial charge in [0.1, 0.15) is 17.7 Å². The second kappa shape index (κ2) is 9.53. The van der Waals surface area contributed by atoms with E-state index in [1.165, 1.54) is 11.0 Å². The minimum absolute atomic E-state index is 0.0631. The highest BCUT2D eigenvalue weighted by Crippen LogP contribution is 2.28. The highest BCUT2D eigenvalue weighted by atomic mass is 19.1. The first-order chi connectivity index (χ1) is 15.0. The van der Waals surface area contributed by atoms with Crippen LogP contribution < -0.4 is 19.9 Å². The number of cyclic esters (lactones) is 1. The average molecular weight is 429 g/mol. The molecule has 31 heavy (non-hydrogen) atoms. The van der Waals surface area contributed by atoms with Crippen LogP contribution >= 0.6 is 0 Å². The lowest BCUT2D eigenvalue weighted by Crippen LogP contribution is -2.36. The fourth-order valence-corrected chi connectivity index (χ4v) is 3.90. The van der Waals surface area contributed by atoms with E-state index in [0.717, 1.165) is 11.3 Å². The van der Waals surface area contributed by atoms with Gasteiger partial charge >= 0.3 is 6.09 Å². The van der Waals surface area contributed by atoms with E-state index in [0.29, 0.717) is 50.8 Å². The van der Waals surface area contributed by atoms with E-state index < -0.39 is 6.09 Å². The van der Waals surface area contributed by atoms with Crippen LogP contribution in [0.4, 0.5) is 20.6 Å². The van der Waals surface area contributed by atoms with Gasteiger partial charge in [-0.05, 0) is 42.8 Å². The van der Waals surface area contributed by atoms with Crippen LogP contribution in [0.5, 0.6) is 5.75 Å². The number of benzene rings is 2. The predicted octanol–water partition coefficient (Wildman–Crippen LogP) is 3.35. The molecule has 8 heteroatoms. The summed E-state index contributed by atoms with van der Waals surface area (Å²) in [6.45, 7) is 5.39. The van der Waals surface area contributed by atoms with Crippen molar-refractivity contribution >= 4 is 17.5 Å². The lowest BCUT2D eigenvalue weighted by Gasteiger charge is -2.29. The number of amides is 1. The number of morpholine rings is 1. The molecule has 0 bridgehead atoms. The monoisotopic (exact) mass is 429 g/mol. The van der Waals surface area contributed by atoms with E-state index in [1.807, 2.05) is 36.1 Å². The molecule has 2 atom stereocenters. The van der Waals surface area contributed by atoms with Gasteiger partial charge in [0.25, 0.3) is 0 Å². The van der Waals surface area contributed by atoms with Crippen LogP contribution in [0.1, 0.15) is 18.5 Å². The van der Waals surface area contributed by atoms with Crippen molar-refractivity contribution in [2.24, 2.45) is 0 Å². The number of hydrogen-bond acceptors (Lipinski definition) is 6. The van der Waals surface area contributed by atoms with Crippen molar-refractivity contribution < 1.29 is 23.4 Å². The molecular formula is C23H28FN3O4. The maximum absolute atomic E-state index is 14.7. The number of hydrogen-bond donors (Lipinski definition) is 1. The van der Waals surface area contributed by atoms with Crippen molar-refractivity contribution in [3.05, 3.63) is 53.8 Å². The molecule has 2 aromatic rings. The molecule has 1 amide bonds. The van der Waals surface area contributed by atoms with Crippen molar-refractivity contribution in [2.75, 3.05) is 56.3 Å². The first-order valence-corrected chi connectivity index (χ1v) is 10.5. The number of rotatable bonds is 7. The number of methoxy groups -OCH3 is 1. The SMILES string of the molecule is COc1cccc([C@H](C)NC[C@H]2CN(c3ccc(N4CCOCC4)c(F)c3)C(=O)O2)c1. The third-order valence-corrected chi connectivity index (χ3v) is 5.71. The summed E-state index contributed by atoms with van der Waals surface area (Å²) in [4.78, 5) is 15.8. The first kappa shape index (κ1) is 21.4. The van der Waals surface area contributed by atoms with Crippen LogP contribution in [0.2, 0.25) is 0 Å². The molecule has 0 unspecified atom stereocenters. The highest BCUT2D eigenvalue weighted by Gasteiger charge is 2.33. The largest absolute Gasteiger partial charge is 0.497 e. The molecule has 0 saturated carbocycles. The van der Waals surface area contributed by atoms with Crippen LogP contribution in [0.3, 0.4) is 0 Å². The van der Waals surface area contributed by atoms with Gasteiger partial charge in [0.15, 0.2) is 0 Å². The van der Waals surface area contributed by atoms with Gasteiger partial charge in [0, 0.05) is 25.7 Å². The standard InChI is InChI=1S/C23H28FN3O4/c1-16(17-4-3-5-19(12-17)29-2)25-14-20-15-27(23(28)31-20)18-6-7-22(21(24)13-18)26-8-10-30-11-9-26/h3-7,12-13,16,20,25H,8-11,14-15H2,1-2H3/t16-,20-/m0/s1. The average Bonchev–Trinajstić information content (AvgIpc) is 3.18. The molecule has 0 aliphatic carbocycles. The van der Waals surface area contributed by atoms with Gasteiger partial charge in [-0.15, -0.1) is 0 Å². The van der Waals surface area contributed by atoms with Crippen molar-refractivity contribution in [2.45, 2.75) is 19.1 Å². The van der Waals surface area contributed by atoms with Crippen molar-refractivity contribution in [1.29, 1.82) is 0 Å². The number of nitrogens with one attached hydrogen (secondary N) is 1. The molecule has 2 aliphatic heterocycles. The van der Waals surface area contributed by atoms with E-state index in [2.05, 4.69) is 5.32 Å². The van der Waals surface area contributed by atoms with E-state index >= 15 is 0 Å². The zero-order chi connectivity index (χ0) is 21.8. The van der Waals surface area contributed by atoms with Gasteiger partial charge in [0.2, 0.25) is 0 Å². The molecule has 2 fully saturated rings. The van der Waals surface area contributed by atoms with E-state index in [-0.39, 0.29) is 18.0 Å². The normalized spacial score (nSPS) is 20.0. The Morgan fingerprint density at radius 2 is 2.03 bits per heavy atom. The molecule has 2 aliphatic rings. The second-order valence-electron chi connectivity index (χ2n) is 7.76. The Bertz CT molecular complexity index is 919. The maximum Gasteiger partial charge on any atom is 0.414 e. The minimum Gasteiger partial charge on any atom is -0.497 e. The summed E-state index contributed by atoms with van der Waals surface area (Å²) in [5.74, 6) is 0.451. The van der Waals surface area contributed by atoms with E-state index in [4.69, 9.17) is 14.2 Å². The van der Waals surface area contributed by atoms with Gasteiger partial charge in [-0.2, -0.15) is 0 Å². The third-order valence-electron chi connectivity index (χ3n) is 5.71. The number of anilines is 2. The van der Waals surface area contributed by atoms with Crippen LogP contribution in [0.15, 0.2) is 42.5 Å². The van der Waals surface area contributed by atoms with Crippen LogP contribution in [0, 0.1) is 5.82 Å². The number of nitrogens with zero attached hydrogens (tertiary/aromatic N) is 2. The summed E-state index contributed by atoms with van der Waals surface area (Å²) < 4.78 is 30.8. The smallest absolute Gasteiger partial charge is 0.414 e. The molecule has 0 aromatic heterocycles. The Kier molecular flexibility index (Phi) is 6.58. The first-order valence-electron chi connectivity index (χ1n) is 10.5. The fourth-order valence-electron chi connectivity index (χ4n) is 3.90. The maximum atomic E-state index is 14.7. The molecule has 0 spiro atoms. The minimum atomic E-state index is -0.459. The van der Waals surface area contributed by atoms with Crippen LogP contribution in [-0.4, -0.2) is 58.7 Å². The Morgan fingerprint density at radius 3 is 2.77 bits per heavy atom. The van der Waals surface area contributed by atoms with E-state index in [9.17, 15) is 9.18 Å². The topological polar surface area (TPSA) is 63.3 Å². The Hall–Kier alpha value is -2.84. The molecular weight excluding hydrogens is 401 g/mol. The summed E-state index contributed by atoms with van der Waals surface area (Å²) in [7, 11) is 1.64. The summed E-state index contributed by atoms with van der Waals surface area (Å²) in [6.07, 6.45) is -0.776. The summed E-state index contributed by atoms with van der Waals surface area (Å²) in [6, 6.07) is 12.8. The molecule has 2 heterocycles. The molecule has 166 valence electrons. The molecule has 2 saturated heterocycles. The van der Waals surface area contributed by atoms with Gasteiger partial charge < -0.3 is 24.4 Å². The Labute approximate surface area is 181 Å². The van der Waals surface area contributed by atoms with Gasteiger partial charge in [-0.3, -0.25) is 4.90 Å². The van der Waals surface area contributed by atoms with Gasteiger partial charge in [-0.1, -0.05) is 12.1 Å². The number of ether oxygens (including phenoxy) is 3. The van der Waals surface area contributed by atoms with Crippen LogP contribution in [0.25, 0.3) is 0 Å².